The van der Waals surface area contributed by atoms with Crippen LogP contribution in [0.3, 0.4) is 0 Å². The molecule has 1 saturated carbocycles. The summed E-state index contributed by atoms with van der Waals surface area (Å²) in [5.41, 5.74) is 3.65. The maximum Gasteiger partial charge on any atom is 0.253 e. The molecule has 0 amide bonds. The molecular formula is C28H32ClN7O2. The number of halogens is 1. The molecule has 10 heteroatoms. The number of hydrogen-bond acceptors (Lipinski definition) is 7. The largest absolute Gasteiger partial charge is 0.497 e. The van der Waals surface area contributed by atoms with Gasteiger partial charge in [0, 0.05) is 53.4 Å². The van der Waals surface area contributed by atoms with Gasteiger partial charge in [0.1, 0.15) is 11.8 Å². The Kier molecular flexibility index (Phi) is 6.80. The third-order valence-corrected chi connectivity index (χ3v) is 8.23. The van der Waals surface area contributed by atoms with Crippen LogP contribution in [0.4, 0.5) is 5.69 Å². The summed E-state index contributed by atoms with van der Waals surface area (Å²) in [4.78, 5) is 21.3. The summed E-state index contributed by atoms with van der Waals surface area (Å²) in [7, 11) is 1.65. The quantitative estimate of drug-likeness (QED) is 0.390. The monoisotopic (exact) mass is 533 g/mol. The number of rotatable bonds is 6. The summed E-state index contributed by atoms with van der Waals surface area (Å²) in [5.74, 6) is 1.48. The van der Waals surface area contributed by atoms with Crippen LogP contribution in [0.5, 0.6) is 5.75 Å². The molecule has 4 aromatic rings. The zero-order valence-electron chi connectivity index (χ0n) is 21.7. The van der Waals surface area contributed by atoms with Gasteiger partial charge in [-0.3, -0.25) is 9.69 Å². The molecule has 0 radical (unpaired) electrons. The summed E-state index contributed by atoms with van der Waals surface area (Å²) in [5, 5.41) is 14.7. The van der Waals surface area contributed by atoms with E-state index in [2.05, 4.69) is 43.3 Å². The number of piperazine rings is 1. The van der Waals surface area contributed by atoms with Gasteiger partial charge >= 0.3 is 0 Å². The SMILES string of the molecule is COc1ccc2[nH]c(=O)c(C(c3nnnn3C3CCCC3)N3CCN(c4cc(Cl)ccc4C)CC3)cc2c1. The third-order valence-electron chi connectivity index (χ3n) is 8.00. The van der Waals surface area contributed by atoms with Gasteiger partial charge in [0.25, 0.3) is 5.56 Å². The van der Waals surface area contributed by atoms with E-state index in [9.17, 15) is 4.79 Å². The topological polar surface area (TPSA) is 92.2 Å². The Labute approximate surface area is 226 Å². The molecule has 1 N–H and O–H groups in total. The Morgan fingerprint density at radius 2 is 1.84 bits per heavy atom. The van der Waals surface area contributed by atoms with E-state index in [4.69, 9.17) is 16.3 Å². The molecule has 1 saturated heterocycles. The fourth-order valence-electron chi connectivity index (χ4n) is 5.96. The second-order valence-electron chi connectivity index (χ2n) is 10.3. The lowest BCUT2D eigenvalue weighted by Gasteiger charge is -2.40. The fourth-order valence-corrected chi connectivity index (χ4v) is 6.13. The Morgan fingerprint density at radius 3 is 2.61 bits per heavy atom. The first-order valence-electron chi connectivity index (χ1n) is 13.3. The molecular weight excluding hydrogens is 502 g/mol. The van der Waals surface area contributed by atoms with Crippen molar-refractivity contribution in [1.29, 1.82) is 0 Å². The van der Waals surface area contributed by atoms with Crippen molar-refractivity contribution in [1.82, 2.24) is 30.1 Å². The molecule has 6 rings (SSSR count). The van der Waals surface area contributed by atoms with Crippen LogP contribution in [-0.2, 0) is 0 Å². The van der Waals surface area contributed by atoms with E-state index in [1.165, 1.54) is 18.4 Å². The molecule has 0 bridgehead atoms. The Bertz CT molecular complexity index is 1500. The van der Waals surface area contributed by atoms with Crippen LogP contribution in [0, 0.1) is 6.92 Å². The Morgan fingerprint density at radius 1 is 1.05 bits per heavy atom. The highest BCUT2D eigenvalue weighted by molar-refractivity contribution is 6.30. The predicted octanol–water partition coefficient (Wildman–Crippen LogP) is 4.51. The molecule has 1 aliphatic heterocycles. The first-order valence-corrected chi connectivity index (χ1v) is 13.6. The highest BCUT2D eigenvalue weighted by atomic mass is 35.5. The number of methoxy groups -OCH3 is 1. The average molecular weight is 534 g/mol. The number of fused-ring (bicyclic) bond motifs is 1. The lowest BCUT2D eigenvalue weighted by Crippen LogP contribution is -2.49. The van der Waals surface area contributed by atoms with Gasteiger partial charge in [0.05, 0.1) is 13.2 Å². The molecule has 1 unspecified atom stereocenters. The minimum atomic E-state index is -0.368. The third kappa shape index (κ3) is 4.65. The maximum atomic E-state index is 13.6. The number of tetrazole rings is 1. The molecule has 2 aromatic carbocycles. The average Bonchev–Trinajstić information content (AvgIpc) is 3.63. The molecule has 198 valence electrons. The molecule has 38 heavy (non-hydrogen) atoms. The fraction of sp³-hybridized carbons (Fsp3) is 0.429. The second kappa shape index (κ2) is 10.4. The standard InChI is InChI=1S/C28H32ClN7O2/c1-18-7-8-20(29)17-25(18)34-11-13-35(14-12-34)26(27-31-32-33-36(27)21-5-3-4-6-21)23-16-19-15-22(38-2)9-10-24(19)30-28(23)37/h7-10,15-17,21,26H,3-6,11-14H2,1-2H3,(H,30,37). The van der Waals surface area contributed by atoms with Crippen molar-refractivity contribution in [3.05, 3.63) is 74.8 Å². The number of pyridine rings is 1. The summed E-state index contributed by atoms with van der Waals surface area (Å²) < 4.78 is 7.42. The summed E-state index contributed by atoms with van der Waals surface area (Å²) in [6.45, 7) is 5.23. The van der Waals surface area contributed by atoms with Crippen LogP contribution in [0.1, 0.15) is 54.7 Å². The maximum absolute atomic E-state index is 13.6. The van der Waals surface area contributed by atoms with Gasteiger partial charge in [0.2, 0.25) is 0 Å². The smallest absolute Gasteiger partial charge is 0.253 e. The highest BCUT2D eigenvalue weighted by Crippen LogP contribution is 2.35. The lowest BCUT2D eigenvalue weighted by atomic mass is 10.0. The zero-order chi connectivity index (χ0) is 26.2. The van der Waals surface area contributed by atoms with Crippen molar-refractivity contribution < 1.29 is 4.74 Å². The van der Waals surface area contributed by atoms with Crippen molar-refractivity contribution in [2.75, 3.05) is 38.2 Å². The number of nitrogens with one attached hydrogen (secondary N) is 1. The first-order chi connectivity index (χ1) is 18.5. The molecule has 1 aliphatic carbocycles. The van der Waals surface area contributed by atoms with Gasteiger partial charge in [0.15, 0.2) is 5.82 Å². The van der Waals surface area contributed by atoms with Crippen molar-refractivity contribution in [3.8, 4) is 5.75 Å². The van der Waals surface area contributed by atoms with Gasteiger partial charge in [-0.15, -0.1) is 5.10 Å². The summed E-state index contributed by atoms with van der Waals surface area (Å²) in [6, 6.07) is 13.6. The van der Waals surface area contributed by atoms with Gasteiger partial charge in [-0.25, -0.2) is 4.68 Å². The number of ether oxygens (including phenoxy) is 1. The molecule has 9 nitrogen and oxygen atoms in total. The number of benzene rings is 2. The summed E-state index contributed by atoms with van der Waals surface area (Å²) in [6.07, 6.45) is 4.45. The lowest BCUT2D eigenvalue weighted by molar-refractivity contribution is 0.197. The number of aromatic amines is 1. The minimum absolute atomic E-state index is 0.123. The minimum Gasteiger partial charge on any atom is -0.497 e. The van der Waals surface area contributed by atoms with Crippen LogP contribution >= 0.6 is 11.6 Å². The number of H-pyrrole nitrogens is 1. The van der Waals surface area contributed by atoms with Crippen molar-refractivity contribution >= 4 is 28.2 Å². The Balaban J connectivity index is 1.39. The van der Waals surface area contributed by atoms with Crippen LogP contribution in [0.25, 0.3) is 10.9 Å². The van der Waals surface area contributed by atoms with Gasteiger partial charge in [-0.1, -0.05) is 30.5 Å². The van der Waals surface area contributed by atoms with Crippen molar-refractivity contribution in [3.63, 3.8) is 0 Å². The van der Waals surface area contributed by atoms with Gasteiger partial charge < -0.3 is 14.6 Å². The van der Waals surface area contributed by atoms with Crippen molar-refractivity contribution in [2.45, 2.75) is 44.7 Å². The van der Waals surface area contributed by atoms with Gasteiger partial charge in [-0.05, 0) is 72.2 Å². The molecule has 0 spiro atoms. The second-order valence-corrected chi connectivity index (χ2v) is 10.7. The molecule has 1 atom stereocenters. The van der Waals surface area contributed by atoms with E-state index < -0.39 is 0 Å². The molecule has 2 aliphatic rings. The van der Waals surface area contributed by atoms with E-state index >= 15 is 0 Å². The van der Waals surface area contributed by atoms with E-state index in [-0.39, 0.29) is 17.6 Å². The van der Waals surface area contributed by atoms with E-state index in [0.29, 0.717) is 5.56 Å². The van der Waals surface area contributed by atoms with Crippen LogP contribution in [0.15, 0.2) is 47.3 Å². The normalized spacial score (nSPS) is 17.8. The molecule has 3 heterocycles. The number of hydrogen-bond donors (Lipinski definition) is 1. The first kappa shape index (κ1) is 24.9. The summed E-state index contributed by atoms with van der Waals surface area (Å²) >= 11 is 6.32. The van der Waals surface area contributed by atoms with E-state index in [1.807, 2.05) is 41.1 Å². The highest BCUT2D eigenvalue weighted by Gasteiger charge is 2.35. The van der Waals surface area contributed by atoms with Crippen molar-refractivity contribution in [2.24, 2.45) is 0 Å². The predicted molar refractivity (Wildman–Crippen MR) is 148 cm³/mol. The van der Waals surface area contributed by atoms with E-state index in [1.54, 1.807) is 7.11 Å². The van der Waals surface area contributed by atoms with Crippen LogP contribution in [-0.4, -0.2) is 63.4 Å². The number of anilines is 1. The molecule has 2 aromatic heterocycles. The van der Waals surface area contributed by atoms with Crippen LogP contribution in [0.2, 0.25) is 5.02 Å². The van der Waals surface area contributed by atoms with E-state index in [0.717, 1.165) is 72.2 Å². The number of aryl methyl sites for hydroxylation is 1. The molecule has 2 fully saturated rings. The van der Waals surface area contributed by atoms with Crippen LogP contribution < -0.4 is 15.2 Å². The zero-order valence-corrected chi connectivity index (χ0v) is 22.5. The Hall–Kier alpha value is -3.43. The number of nitrogens with zero attached hydrogens (tertiary/aromatic N) is 6. The van der Waals surface area contributed by atoms with Gasteiger partial charge in [-0.2, -0.15) is 0 Å². The number of aromatic nitrogens is 5.